The number of unbranched alkanes of at least 4 members (excludes halogenated alkanes) is 1. The summed E-state index contributed by atoms with van der Waals surface area (Å²) in [6.45, 7) is 2.58. The van der Waals surface area contributed by atoms with E-state index < -0.39 is 0 Å². The normalized spacial score (nSPS) is 29.6. The SMILES string of the molecule is CC(N)CCCCN1C(=O)C2CCCC(C2)C1=O. The smallest absolute Gasteiger partial charge is 0.232 e. The van der Waals surface area contributed by atoms with Crippen molar-refractivity contribution in [3.05, 3.63) is 0 Å². The highest BCUT2D eigenvalue weighted by molar-refractivity contribution is 6.00. The van der Waals surface area contributed by atoms with Gasteiger partial charge in [-0.05, 0) is 39.0 Å². The van der Waals surface area contributed by atoms with Gasteiger partial charge in [-0.1, -0.05) is 12.8 Å². The number of nitrogens with zero attached hydrogens (tertiary/aromatic N) is 1. The Morgan fingerprint density at radius 1 is 1.22 bits per heavy atom. The number of fused-ring (bicyclic) bond motifs is 2. The van der Waals surface area contributed by atoms with Crippen molar-refractivity contribution in [1.29, 1.82) is 0 Å². The highest BCUT2D eigenvalue weighted by Gasteiger charge is 2.42. The number of piperidine rings is 1. The molecule has 102 valence electrons. The van der Waals surface area contributed by atoms with Gasteiger partial charge in [-0.2, -0.15) is 0 Å². The van der Waals surface area contributed by atoms with Crippen LogP contribution in [0.3, 0.4) is 0 Å². The molecule has 0 aromatic rings. The van der Waals surface area contributed by atoms with Crippen LogP contribution in [0.15, 0.2) is 0 Å². The van der Waals surface area contributed by atoms with Gasteiger partial charge in [-0.15, -0.1) is 0 Å². The number of carbonyl (C=O) groups is 2. The lowest BCUT2D eigenvalue weighted by Gasteiger charge is -2.39. The first-order chi connectivity index (χ1) is 8.59. The molecule has 0 spiro atoms. The van der Waals surface area contributed by atoms with Gasteiger partial charge < -0.3 is 5.73 Å². The molecule has 1 saturated heterocycles. The van der Waals surface area contributed by atoms with Crippen LogP contribution in [0.4, 0.5) is 0 Å². The predicted molar refractivity (Wildman–Crippen MR) is 69.7 cm³/mol. The van der Waals surface area contributed by atoms with Crippen molar-refractivity contribution in [3.63, 3.8) is 0 Å². The Balaban J connectivity index is 1.86. The summed E-state index contributed by atoms with van der Waals surface area (Å²) in [6.07, 6.45) is 6.61. The summed E-state index contributed by atoms with van der Waals surface area (Å²) < 4.78 is 0. The lowest BCUT2D eigenvalue weighted by Crippen LogP contribution is -2.51. The third-order valence-electron chi connectivity index (χ3n) is 4.20. The van der Waals surface area contributed by atoms with E-state index in [9.17, 15) is 9.59 Å². The van der Waals surface area contributed by atoms with Crippen LogP contribution in [0.5, 0.6) is 0 Å². The Labute approximate surface area is 109 Å². The number of nitrogens with two attached hydrogens (primary N) is 1. The fraction of sp³-hybridized carbons (Fsp3) is 0.857. The van der Waals surface area contributed by atoms with E-state index in [1.54, 1.807) is 0 Å². The molecule has 2 rings (SSSR count). The van der Waals surface area contributed by atoms with Gasteiger partial charge in [0.15, 0.2) is 0 Å². The number of rotatable bonds is 5. The van der Waals surface area contributed by atoms with E-state index >= 15 is 0 Å². The lowest BCUT2D eigenvalue weighted by atomic mass is 9.77. The predicted octanol–water partition coefficient (Wildman–Crippen LogP) is 1.68. The maximum atomic E-state index is 12.2. The minimum Gasteiger partial charge on any atom is -0.328 e. The maximum absolute atomic E-state index is 12.2. The Morgan fingerprint density at radius 3 is 2.39 bits per heavy atom. The zero-order valence-electron chi connectivity index (χ0n) is 11.2. The van der Waals surface area contributed by atoms with Crippen LogP contribution >= 0.6 is 0 Å². The highest BCUT2D eigenvalue weighted by atomic mass is 16.2. The van der Waals surface area contributed by atoms with Gasteiger partial charge in [0.1, 0.15) is 0 Å². The first-order valence-corrected chi connectivity index (χ1v) is 7.20. The second-order valence-corrected chi connectivity index (χ2v) is 5.86. The van der Waals surface area contributed by atoms with E-state index in [2.05, 4.69) is 0 Å². The Hall–Kier alpha value is -0.900. The van der Waals surface area contributed by atoms with E-state index in [0.29, 0.717) is 6.54 Å². The third-order valence-corrected chi connectivity index (χ3v) is 4.20. The fourth-order valence-corrected chi connectivity index (χ4v) is 3.14. The maximum Gasteiger partial charge on any atom is 0.232 e. The molecule has 2 bridgehead atoms. The topological polar surface area (TPSA) is 63.4 Å². The Bertz CT molecular complexity index is 306. The Morgan fingerprint density at radius 2 is 1.83 bits per heavy atom. The van der Waals surface area contributed by atoms with Gasteiger partial charge in [0, 0.05) is 24.4 Å². The average molecular weight is 252 g/mol. The van der Waals surface area contributed by atoms with Crippen molar-refractivity contribution in [2.24, 2.45) is 17.6 Å². The van der Waals surface area contributed by atoms with Gasteiger partial charge in [-0.3, -0.25) is 14.5 Å². The monoisotopic (exact) mass is 252 g/mol. The van der Waals surface area contributed by atoms with Crippen LogP contribution in [-0.4, -0.2) is 29.3 Å². The minimum atomic E-state index is 0.0803. The molecule has 1 aliphatic carbocycles. The van der Waals surface area contributed by atoms with E-state index in [1.165, 1.54) is 4.90 Å². The van der Waals surface area contributed by atoms with Crippen molar-refractivity contribution in [1.82, 2.24) is 4.90 Å². The Kier molecular flexibility index (Phi) is 4.38. The second kappa shape index (κ2) is 5.83. The first kappa shape index (κ1) is 13.5. The van der Waals surface area contributed by atoms with Crippen molar-refractivity contribution in [2.75, 3.05) is 6.54 Å². The summed E-state index contributed by atoms with van der Waals surface area (Å²) in [6, 6.07) is 0.206. The van der Waals surface area contributed by atoms with Crippen LogP contribution in [-0.2, 0) is 9.59 Å². The van der Waals surface area contributed by atoms with Crippen LogP contribution in [0.25, 0.3) is 0 Å². The zero-order valence-corrected chi connectivity index (χ0v) is 11.2. The number of likely N-dealkylation sites (tertiary alicyclic amines) is 1. The average Bonchev–Trinajstić information content (AvgIpc) is 2.36. The first-order valence-electron chi connectivity index (χ1n) is 7.20. The van der Waals surface area contributed by atoms with Gasteiger partial charge >= 0.3 is 0 Å². The fourth-order valence-electron chi connectivity index (χ4n) is 3.14. The summed E-state index contributed by atoms with van der Waals surface area (Å²) in [5.74, 6) is 0.401. The van der Waals surface area contributed by atoms with E-state index in [1.807, 2.05) is 6.92 Å². The molecular formula is C14H24N2O2. The number of carbonyl (C=O) groups excluding carboxylic acids is 2. The zero-order chi connectivity index (χ0) is 13.1. The molecule has 1 aliphatic heterocycles. The third kappa shape index (κ3) is 2.91. The molecule has 2 amide bonds. The summed E-state index contributed by atoms with van der Waals surface area (Å²) in [5, 5.41) is 0. The highest BCUT2D eigenvalue weighted by Crippen LogP contribution is 2.36. The van der Waals surface area contributed by atoms with Crippen molar-refractivity contribution >= 4 is 11.8 Å². The van der Waals surface area contributed by atoms with Gasteiger partial charge in [0.05, 0.1) is 0 Å². The number of hydrogen-bond donors (Lipinski definition) is 1. The van der Waals surface area contributed by atoms with Gasteiger partial charge in [0.25, 0.3) is 0 Å². The summed E-state index contributed by atoms with van der Waals surface area (Å²) in [4.78, 5) is 25.8. The molecule has 2 N–H and O–H groups in total. The van der Waals surface area contributed by atoms with Crippen LogP contribution in [0, 0.1) is 11.8 Å². The summed E-state index contributed by atoms with van der Waals surface area (Å²) in [5.41, 5.74) is 5.69. The standard InChI is InChI=1S/C14H24N2O2/c1-10(15)5-2-3-8-16-13(17)11-6-4-7-12(9-11)14(16)18/h10-12H,2-9,15H2,1H3. The van der Waals surface area contributed by atoms with E-state index in [-0.39, 0.29) is 29.7 Å². The molecule has 2 fully saturated rings. The van der Waals surface area contributed by atoms with Gasteiger partial charge in [0.2, 0.25) is 11.8 Å². The second-order valence-electron chi connectivity index (χ2n) is 5.86. The molecule has 0 aromatic carbocycles. The number of amides is 2. The summed E-state index contributed by atoms with van der Waals surface area (Å²) >= 11 is 0. The van der Waals surface area contributed by atoms with Gasteiger partial charge in [-0.25, -0.2) is 0 Å². The van der Waals surface area contributed by atoms with Crippen LogP contribution < -0.4 is 5.73 Å². The van der Waals surface area contributed by atoms with Crippen molar-refractivity contribution in [2.45, 2.75) is 57.9 Å². The molecule has 0 radical (unpaired) electrons. The van der Waals surface area contributed by atoms with Crippen molar-refractivity contribution < 1.29 is 9.59 Å². The molecule has 18 heavy (non-hydrogen) atoms. The number of hydrogen-bond acceptors (Lipinski definition) is 3. The molecule has 0 aromatic heterocycles. The number of imide groups is 1. The molecule has 1 heterocycles. The quantitative estimate of drug-likeness (QED) is 0.598. The van der Waals surface area contributed by atoms with E-state index in [0.717, 1.165) is 44.9 Å². The van der Waals surface area contributed by atoms with Crippen LogP contribution in [0.2, 0.25) is 0 Å². The minimum absolute atomic E-state index is 0.0803. The van der Waals surface area contributed by atoms with Crippen LogP contribution in [0.1, 0.15) is 51.9 Å². The lowest BCUT2D eigenvalue weighted by molar-refractivity contribution is -0.158. The molecule has 4 nitrogen and oxygen atoms in total. The molecule has 2 aliphatic rings. The largest absolute Gasteiger partial charge is 0.328 e. The van der Waals surface area contributed by atoms with Crippen molar-refractivity contribution in [3.8, 4) is 0 Å². The molecule has 3 unspecified atom stereocenters. The molecule has 4 heteroatoms. The molecule has 1 saturated carbocycles. The molecule has 3 atom stereocenters. The summed E-state index contributed by atoms with van der Waals surface area (Å²) in [7, 11) is 0. The van der Waals surface area contributed by atoms with E-state index in [4.69, 9.17) is 5.73 Å². The molecular weight excluding hydrogens is 228 g/mol.